The lowest BCUT2D eigenvalue weighted by Crippen LogP contribution is -2.32. The van der Waals surface area contributed by atoms with Crippen molar-refractivity contribution in [2.75, 3.05) is 12.3 Å². The van der Waals surface area contributed by atoms with Gasteiger partial charge in [0.15, 0.2) is 9.84 Å². The minimum absolute atomic E-state index is 0.248. The van der Waals surface area contributed by atoms with Gasteiger partial charge in [-0.15, -0.1) is 11.3 Å². The Morgan fingerprint density at radius 2 is 1.96 bits per heavy atom. The maximum absolute atomic E-state index is 12.1. The van der Waals surface area contributed by atoms with Crippen molar-refractivity contribution in [3.8, 4) is 0 Å². The van der Waals surface area contributed by atoms with Crippen molar-refractivity contribution in [3.05, 3.63) is 56.2 Å². The van der Waals surface area contributed by atoms with E-state index in [1.54, 1.807) is 17.4 Å². The number of thiophene rings is 1. The fraction of sp³-hybridized carbons (Fsp3) is 0.267. The van der Waals surface area contributed by atoms with E-state index in [4.69, 9.17) is 23.2 Å². The van der Waals surface area contributed by atoms with Gasteiger partial charge in [-0.3, -0.25) is 4.79 Å². The van der Waals surface area contributed by atoms with Gasteiger partial charge in [0.2, 0.25) is 5.91 Å². The van der Waals surface area contributed by atoms with Crippen molar-refractivity contribution in [2.24, 2.45) is 0 Å². The Morgan fingerprint density at radius 3 is 2.61 bits per heavy atom. The number of benzene rings is 1. The van der Waals surface area contributed by atoms with Crippen molar-refractivity contribution < 1.29 is 13.2 Å². The second kappa shape index (κ2) is 8.15. The minimum atomic E-state index is -3.56. The van der Waals surface area contributed by atoms with Gasteiger partial charge in [0, 0.05) is 11.4 Å². The SMILES string of the molecule is O=C(CS(=O)(=O)Cc1ccc(Cl)c(Cl)c1)NCCc1cccs1. The van der Waals surface area contributed by atoms with Crippen molar-refractivity contribution in [2.45, 2.75) is 12.2 Å². The zero-order valence-corrected chi connectivity index (χ0v) is 15.2. The molecule has 0 saturated carbocycles. The molecule has 0 atom stereocenters. The smallest absolute Gasteiger partial charge is 0.235 e. The normalized spacial score (nSPS) is 11.4. The number of sulfone groups is 1. The highest BCUT2D eigenvalue weighted by atomic mass is 35.5. The van der Waals surface area contributed by atoms with Crippen LogP contribution >= 0.6 is 34.5 Å². The third-order valence-corrected chi connectivity index (χ3v) is 6.15. The molecule has 0 aliphatic rings. The van der Waals surface area contributed by atoms with Crippen LogP contribution in [0.2, 0.25) is 10.0 Å². The Kier molecular flexibility index (Phi) is 6.47. The molecule has 1 aromatic carbocycles. The number of carbonyl (C=O) groups is 1. The van der Waals surface area contributed by atoms with E-state index in [2.05, 4.69) is 5.32 Å². The standard InChI is InChI=1S/C15H15Cl2NO3S2/c16-13-4-3-11(8-14(13)17)9-23(20,21)10-15(19)18-6-5-12-2-1-7-22-12/h1-4,7-8H,5-6,9-10H2,(H,18,19). The number of hydrogen-bond acceptors (Lipinski definition) is 4. The lowest BCUT2D eigenvalue weighted by molar-refractivity contribution is -0.118. The van der Waals surface area contributed by atoms with Gasteiger partial charge < -0.3 is 5.32 Å². The predicted octanol–water partition coefficient (Wildman–Crippen LogP) is 3.33. The summed E-state index contributed by atoms with van der Waals surface area (Å²) in [4.78, 5) is 12.9. The van der Waals surface area contributed by atoms with Crippen LogP contribution in [0.1, 0.15) is 10.4 Å². The summed E-state index contributed by atoms with van der Waals surface area (Å²) in [6.45, 7) is 0.418. The predicted molar refractivity (Wildman–Crippen MR) is 95.0 cm³/mol. The number of carbonyl (C=O) groups excluding carboxylic acids is 1. The molecule has 2 aromatic rings. The lowest BCUT2D eigenvalue weighted by atomic mass is 10.2. The molecule has 1 amide bonds. The molecule has 0 fully saturated rings. The average molecular weight is 392 g/mol. The van der Waals surface area contributed by atoms with Gasteiger partial charge in [-0.2, -0.15) is 0 Å². The highest BCUT2D eigenvalue weighted by Gasteiger charge is 2.17. The van der Waals surface area contributed by atoms with Gasteiger partial charge in [-0.1, -0.05) is 35.3 Å². The zero-order valence-electron chi connectivity index (χ0n) is 12.1. The third kappa shape index (κ3) is 6.14. The molecule has 1 N–H and O–H groups in total. The molecule has 1 heterocycles. The van der Waals surface area contributed by atoms with E-state index in [0.29, 0.717) is 28.6 Å². The summed E-state index contributed by atoms with van der Waals surface area (Å²) in [5.41, 5.74) is 0.505. The Hall–Kier alpha value is -1.08. The molecule has 8 heteroatoms. The summed E-state index contributed by atoms with van der Waals surface area (Å²) in [7, 11) is -3.56. The topological polar surface area (TPSA) is 63.2 Å². The summed E-state index contributed by atoms with van der Waals surface area (Å²) in [5, 5.41) is 5.23. The molecular weight excluding hydrogens is 377 g/mol. The van der Waals surface area contributed by atoms with Gasteiger partial charge >= 0.3 is 0 Å². The number of hydrogen-bond donors (Lipinski definition) is 1. The molecule has 0 saturated heterocycles. The van der Waals surface area contributed by atoms with Gasteiger partial charge in [0.25, 0.3) is 0 Å². The largest absolute Gasteiger partial charge is 0.355 e. The summed E-state index contributed by atoms with van der Waals surface area (Å²) in [5.74, 6) is -1.29. The van der Waals surface area contributed by atoms with Crippen LogP contribution < -0.4 is 5.32 Å². The van der Waals surface area contributed by atoms with Crippen LogP contribution in [0.25, 0.3) is 0 Å². The first-order valence-corrected chi connectivity index (χ1v) is 10.2. The van der Waals surface area contributed by atoms with Gasteiger partial charge in [0.05, 0.1) is 15.8 Å². The van der Waals surface area contributed by atoms with Crippen molar-refractivity contribution >= 4 is 50.3 Å². The zero-order chi connectivity index (χ0) is 16.9. The molecule has 0 aliphatic heterocycles. The van der Waals surface area contributed by atoms with E-state index in [1.165, 1.54) is 12.1 Å². The first-order valence-electron chi connectivity index (χ1n) is 6.79. The Morgan fingerprint density at radius 1 is 1.17 bits per heavy atom. The van der Waals surface area contributed by atoms with Crippen LogP contribution in [0.5, 0.6) is 0 Å². The molecule has 1 aromatic heterocycles. The maximum Gasteiger partial charge on any atom is 0.235 e. The van der Waals surface area contributed by atoms with Crippen molar-refractivity contribution in [1.29, 1.82) is 0 Å². The van der Waals surface area contributed by atoms with Crippen LogP contribution in [-0.4, -0.2) is 26.6 Å². The molecule has 4 nitrogen and oxygen atoms in total. The number of nitrogens with one attached hydrogen (secondary N) is 1. The Balaban J connectivity index is 1.84. The molecule has 23 heavy (non-hydrogen) atoms. The van der Waals surface area contributed by atoms with Gasteiger partial charge in [0.1, 0.15) is 5.75 Å². The molecule has 0 bridgehead atoms. The van der Waals surface area contributed by atoms with E-state index in [9.17, 15) is 13.2 Å². The minimum Gasteiger partial charge on any atom is -0.355 e. The summed E-state index contributed by atoms with van der Waals surface area (Å²) >= 11 is 13.3. The monoisotopic (exact) mass is 391 g/mol. The second-order valence-corrected chi connectivity index (χ2v) is 8.87. The second-order valence-electron chi connectivity index (χ2n) is 4.96. The number of halogens is 2. The van der Waals surface area contributed by atoms with Crippen LogP contribution in [-0.2, 0) is 26.8 Å². The third-order valence-electron chi connectivity index (χ3n) is 3.00. The van der Waals surface area contributed by atoms with E-state index >= 15 is 0 Å². The fourth-order valence-corrected chi connectivity index (χ4v) is 4.29. The van der Waals surface area contributed by atoms with E-state index < -0.39 is 21.5 Å². The van der Waals surface area contributed by atoms with Gasteiger partial charge in [-0.05, 0) is 35.6 Å². The first kappa shape index (κ1) is 18.3. The van der Waals surface area contributed by atoms with E-state index in [1.807, 2.05) is 17.5 Å². The molecule has 124 valence electrons. The van der Waals surface area contributed by atoms with Crippen LogP contribution in [0, 0.1) is 0 Å². The highest BCUT2D eigenvalue weighted by Crippen LogP contribution is 2.23. The van der Waals surface area contributed by atoms with E-state index in [0.717, 1.165) is 4.88 Å². The van der Waals surface area contributed by atoms with Gasteiger partial charge in [-0.25, -0.2) is 8.42 Å². The van der Waals surface area contributed by atoms with Crippen molar-refractivity contribution in [1.82, 2.24) is 5.32 Å². The first-order chi connectivity index (χ1) is 10.9. The molecule has 2 rings (SSSR count). The Labute approximate surface area is 149 Å². The van der Waals surface area contributed by atoms with Crippen LogP contribution in [0.15, 0.2) is 35.7 Å². The maximum atomic E-state index is 12.1. The number of rotatable bonds is 7. The summed E-state index contributed by atoms with van der Waals surface area (Å²) < 4.78 is 24.1. The van der Waals surface area contributed by atoms with E-state index in [-0.39, 0.29) is 5.75 Å². The molecule has 0 unspecified atom stereocenters. The van der Waals surface area contributed by atoms with Crippen LogP contribution in [0.4, 0.5) is 0 Å². The average Bonchev–Trinajstić information content (AvgIpc) is 2.95. The number of amides is 1. The molecular formula is C15H15Cl2NO3S2. The van der Waals surface area contributed by atoms with Crippen LogP contribution in [0.3, 0.4) is 0 Å². The summed E-state index contributed by atoms with van der Waals surface area (Å²) in [6.07, 6.45) is 0.691. The summed E-state index contributed by atoms with van der Waals surface area (Å²) in [6, 6.07) is 8.52. The van der Waals surface area contributed by atoms with Crippen molar-refractivity contribution in [3.63, 3.8) is 0 Å². The Bertz CT molecular complexity index is 774. The fourth-order valence-electron chi connectivity index (χ4n) is 1.97. The molecule has 0 aliphatic carbocycles. The molecule has 0 radical (unpaired) electrons. The molecule has 0 spiro atoms. The highest BCUT2D eigenvalue weighted by molar-refractivity contribution is 7.91. The lowest BCUT2D eigenvalue weighted by Gasteiger charge is -2.07. The quantitative estimate of drug-likeness (QED) is 0.786.